The van der Waals surface area contributed by atoms with Gasteiger partial charge in [-0.25, -0.2) is 97.2 Å². The summed E-state index contributed by atoms with van der Waals surface area (Å²) in [5, 5.41) is 0. The van der Waals surface area contributed by atoms with Gasteiger partial charge in [0.25, 0.3) is 0 Å². The van der Waals surface area contributed by atoms with Crippen molar-refractivity contribution in [2.75, 3.05) is 130 Å². The Morgan fingerprint density at radius 1 is 0.413 bits per heavy atom. The van der Waals surface area contributed by atoms with Crippen molar-refractivity contribution in [1.29, 1.82) is 0 Å². The lowest BCUT2D eigenvalue weighted by Gasteiger charge is -2.45. The molecule has 9 fully saturated rings. The van der Waals surface area contributed by atoms with Crippen LogP contribution in [0.2, 0.25) is 0 Å². The normalized spacial score (nSPS) is 22.6. The molecule has 9 saturated heterocycles. The minimum absolute atomic E-state index is 0.0409. The number of amides is 5. The molecule has 0 N–H and O–H groups in total. The van der Waals surface area contributed by atoms with Crippen LogP contribution in [0.5, 0.6) is 0 Å². The zero-order valence-corrected chi connectivity index (χ0v) is 73.5. The van der Waals surface area contributed by atoms with E-state index in [1.807, 2.05) is 76.0 Å². The third-order valence-corrected chi connectivity index (χ3v) is 31.0. The molecular formula is C86H97F9N8O19S4. The van der Waals surface area contributed by atoms with Gasteiger partial charge in [-0.05, 0) is 144 Å². The van der Waals surface area contributed by atoms with E-state index in [4.69, 9.17) is 23.7 Å². The number of benzene rings is 6. The summed E-state index contributed by atoms with van der Waals surface area (Å²) in [4.78, 5) is 80.8. The zero-order valence-electron chi connectivity index (χ0n) is 70.3. The lowest BCUT2D eigenvalue weighted by molar-refractivity contribution is 0.134. The van der Waals surface area contributed by atoms with Crippen LogP contribution in [-0.2, 0) is 81.4 Å². The number of anilines is 6. The molecule has 5 amide bonds. The summed E-state index contributed by atoms with van der Waals surface area (Å²) in [7, 11) is -9.70. The van der Waals surface area contributed by atoms with Crippen LogP contribution in [0, 0.1) is 40.7 Å². The molecule has 1 aromatic heterocycles. The van der Waals surface area contributed by atoms with E-state index in [1.165, 1.54) is 48.4 Å². The molecule has 126 heavy (non-hydrogen) atoms. The Labute approximate surface area is 723 Å². The number of rotatable bonds is 17. The maximum Gasteiger partial charge on any atom is 0.414 e. The van der Waals surface area contributed by atoms with E-state index < -0.39 is 162 Å². The molecule has 9 aliphatic rings. The van der Waals surface area contributed by atoms with Crippen molar-refractivity contribution in [3.8, 4) is 22.3 Å². The van der Waals surface area contributed by atoms with Crippen LogP contribution in [0.1, 0.15) is 110 Å². The number of pyridine rings is 1. The second-order valence-corrected chi connectivity index (χ2v) is 41.9. The summed E-state index contributed by atoms with van der Waals surface area (Å²) in [5.41, 5.74) is -2.43. The van der Waals surface area contributed by atoms with Crippen LogP contribution in [0.25, 0.3) is 22.3 Å². The Hall–Kier alpha value is -10.5. The SMILES string of the molecule is CC[C@H]1CN(c2cc(F)c(C3(F)CCS(=O)(=O)CC3)c(F)c2F)C(=O)O1.CC[C@H]1CN(c2cc(F)c(N3CCS(=O)(=O)CC3)c(F)c2)C(=O)O1.CC[C@H]1CN(c2ccc(-c3ccc(=O)n(C)c3)c(F)c2)C(=O)O1.CC[C@H]1CN(c2ccc(-c3ccc(S(=O)(=O)C4(C)CN(C)C4)cc3)cc2)C(=O)O1.CC[C@H]1CN(c2ccc(C3(F)CCS(=O)(=O)CC3)c(F)c2)C(=O)O1. The second kappa shape index (κ2) is 37.8. The standard InChI is InChI=1S/C22H26N2O4S.C17H17FN2O3.C16H17F4NO4S.C16H19F2NO4S.C15H18F2N2O4S/c1-4-19-13-24(21(25)28-19)18-9-5-16(6-10-18)17-7-11-20(12-8-17)29(26,27)22(2)14-23(3)15-22;1-3-13-10-20(17(22)23-13)12-5-6-14(15(18)8-12)11-4-7-16(21)19(2)9-11;1-2-9-8-21(15(22)25-9)11-7-10(17)12(14(19)13(11)18)16(20)3-5-26(23,24)6-4-16;1-2-12-10-19(15(20)23-12)11-3-4-13(14(17)9-11)16(18)5-7-24(21,22)8-6-16;1-2-11-9-19(15(20)23-11)10-7-12(16)14(13(17)8-10)18-3-5-24(21,22)6-4-18/h5-12,19H,4,13-15H2,1-3H3;4-9,13H,3,10H2,1-2H3;7,9H,2-6,8H2,1H3;3-4,9,12H,2,5-8,10H2,1H3;7-8,11H,2-6,9H2,1H3/t19-;13-;9-;12-;11-/m00000/s1. The molecular weight excluding hydrogens is 1750 g/mol. The van der Waals surface area contributed by atoms with Crippen molar-refractivity contribution < 1.29 is 121 Å². The summed E-state index contributed by atoms with van der Waals surface area (Å²) in [6.45, 7) is 13.9. The fourth-order valence-corrected chi connectivity index (χ4v) is 22.0. The number of carbonyl (C=O) groups is 5. The van der Waals surface area contributed by atoms with Gasteiger partial charge in [-0.15, -0.1) is 0 Å². The molecule has 16 rings (SSSR count). The van der Waals surface area contributed by atoms with Crippen LogP contribution >= 0.6 is 0 Å². The number of nitrogens with zero attached hydrogens (tertiary/aromatic N) is 8. The second-order valence-electron chi connectivity index (χ2n) is 32.5. The Balaban J connectivity index is 0.000000144. The van der Waals surface area contributed by atoms with E-state index in [0.29, 0.717) is 85.4 Å². The number of cyclic esters (lactones) is 5. The minimum atomic E-state index is -3.48. The average molecular weight is 1850 g/mol. The summed E-state index contributed by atoms with van der Waals surface area (Å²) in [5.74, 6) is -9.57. The van der Waals surface area contributed by atoms with Gasteiger partial charge < -0.3 is 38.1 Å². The number of hydrogen-bond donors (Lipinski definition) is 0. The molecule has 9 aliphatic heterocycles. The number of ether oxygens (including phenoxy) is 5. The molecule has 682 valence electrons. The molecule has 27 nitrogen and oxygen atoms in total. The first-order valence-corrected chi connectivity index (χ1v) is 48.0. The number of alkyl halides is 2. The van der Waals surface area contributed by atoms with Gasteiger partial charge >= 0.3 is 30.5 Å². The van der Waals surface area contributed by atoms with Gasteiger partial charge in [-0.3, -0.25) is 29.3 Å². The Kier molecular flexibility index (Phi) is 28.4. The molecule has 0 radical (unpaired) electrons. The fraction of sp³-hybridized carbons (Fsp3) is 0.465. The average Bonchev–Trinajstić information content (AvgIpc) is 0.910. The number of aromatic nitrogens is 1. The molecule has 6 aromatic carbocycles. The van der Waals surface area contributed by atoms with Crippen molar-refractivity contribution >= 4 is 104 Å². The largest absolute Gasteiger partial charge is 0.444 e. The van der Waals surface area contributed by atoms with E-state index in [-0.39, 0.29) is 115 Å². The first kappa shape index (κ1) is 94.7. The van der Waals surface area contributed by atoms with Gasteiger partial charge in [-0.1, -0.05) is 65.0 Å². The van der Waals surface area contributed by atoms with Crippen LogP contribution < -0.4 is 35.0 Å². The zero-order chi connectivity index (χ0) is 91.7. The predicted molar refractivity (Wildman–Crippen MR) is 453 cm³/mol. The third-order valence-electron chi connectivity index (χ3n) is 23.7. The van der Waals surface area contributed by atoms with E-state index in [0.717, 1.165) is 52.8 Å². The van der Waals surface area contributed by atoms with Crippen molar-refractivity contribution in [2.24, 2.45) is 7.05 Å². The third kappa shape index (κ3) is 20.7. The summed E-state index contributed by atoms with van der Waals surface area (Å²) < 4.78 is 252. The highest BCUT2D eigenvalue weighted by molar-refractivity contribution is 7.93. The topological polar surface area (TPSA) is 313 Å². The monoisotopic (exact) mass is 1840 g/mol. The Morgan fingerprint density at radius 3 is 1.21 bits per heavy atom. The van der Waals surface area contributed by atoms with Crippen molar-refractivity contribution in [3.63, 3.8) is 0 Å². The van der Waals surface area contributed by atoms with Gasteiger partial charge in [0.2, 0.25) is 5.56 Å². The van der Waals surface area contributed by atoms with Gasteiger partial charge in [0.05, 0.1) is 105 Å². The predicted octanol–water partition coefficient (Wildman–Crippen LogP) is 14.6. The molecule has 40 heteroatoms. The molecule has 0 aliphatic carbocycles. The van der Waals surface area contributed by atoms with Crippen LogP contribution in [0.3, 0.4) is 0 Å². The molecule has 0 unspecified atom stereocenters. The van der Waals surface area contributed by atoms with Crippen molar-refractivity contribution in [3.05, 3.63) is 184 Å². The summed E-state index contributed by atoms with van der Waals surface area (Å²) >= 11 is 0. The highest BCUT2D eigenvalue weighted by atomic mass is 32.2. The number of likely N-dealkylation sites (tertiary alicyclic amines) is 1. The summed E-state index contributed by atoms with van der Waals surface area (Å²) in [6.07, 6.45) is -1.19. The lowest BCUT2D eigenvalue weighted by atomic mass is 9.88. The molecule has 0 saturated carbocycles. The van der Waals surface area contributed by atoms with E-state index >= 15 is 8.78 Å². The van der Waals surface area contributed by atoms with Gasteiger partial charge in [0.1, 0.15) is 65.0 Å². The smallest absolute Gasteiger partial charge is 0.414 e. The minimum Gasteiger partial charge on any atom is -0.444 e. The van der Waals surface area contributed by atoms with Gasteiger partial charge in [0, 0.05) is 86.1 Å². The van der Waals surface area contributed by atoms with Crippen LogP contribution in [-0.4, -0.2) is 209 Å². The Bertz CT molecular complexity index is 5800. The van der Waals surface area contributed by atoms with Crippen molar-refractivity contribution in [2.45, 2.75) is 151 Å². The quantitative estimate of drug-likeness (QED) is 0.0464. The number of aryl methyl sites for hydroxylation is 1. The number of halogens is 9. The van der Waals surface area contributed by atoms with E-state index in [2.05, 4.69) is 0 Å². The number of sulfone groups is 4. The molecule has 0 bridgehead atoms. The molecule has 0 spiro atoms. The maximum atomic E-state index is 15.0. The highest BCUT2D eigenvalue weighted by Crippen LogP contribution is 2.46. The number of hydrogen-bond acceptors (Lipinski definition) is 21. The maximum absolute atomic E-state index is 15.0. The first-order chi connectivity index (χ1) is 59.3. The lowest BCUT2D eigenvalue weighted by Crippen LogP contribution is -2.62. The highest BCUT2D eigenvalue weighted by Gasteiger charge is 2.50. The summed E-state index contributed by atoms with van der Waals surface area (Å²) in [6, 6.07) is 28.9. The van der Waals surface area contributed by atoms with E-state index in [1.54, 1.807) is 62.3 Å². The first-order valence-electron chi connectivity index (χ1n) is 41.1. The molecule has 7 aromatic rings. The molecule has 10 heterocycles. The Morgan fingerprint density at radius 2 is 0.786 bits per heavy atom. The van der Waals surface area contributed by atoms with Gasteiger partial charge in [-0.2, -0.15) is 0 Å². The molecule has 5 atom stereocenters. The van der Waals surface area contributed by atoms with Crippen LogP contribution in [0.15, 0.2) is 131 Å². The van der Waals surface area contributed by atoms with Gasteiger partial charge in [0.15, 0.2) is 62.6 Å². The van der Waals surface area contributed by atoms with Crippen molar-refractivity contribution in [1.82, 2.24) is 9.47 Å². The van der Waals surface area contributed by atoms with E-state index in [9.17, 15) is 93.2 Å². The number of carbonyl (C=O) groups excluding carboxylic acids is 5. The fourth-order valence-electron chi connectivity index (χ4n) is 16.0. The van der Waals surface area contributed by atoms with Crippen LogP contribution in [0.4, 0.5) is 97.6 Å².